The van der Waals surface area contributed by atoms with Crippen molar-refractivity contribution < 1.29 is 12.8 Å². The summed E-state index contributed by atoms with van der Waals surface area (Å²) in [4.78, 5) is 12.3. The Kier molecular flexibility index (Phi) is 4.67. The van der Waals surface area contributed by atoms with E-state index in [1.165, 1.54) is 12.3 Å². The van der Waals surface area contributed by atoms with E-state index < -0.39 is 21.1 Å². The Morgan fingerprint density at radius 1 is 1.12 bits per heavy atom. The fraction of sp³-hybridized carbons (Fsp3) is 0.167. The van der Waals surface area contributed by atoms with Gasteiger partial charge in [0.2, 0.25) is 15.3 Å². The van der Waals surface area contributed by atoms with Gasteiger partial charge < -0.3 is 4.57 Å². The second-order valence-electron chi connectivity index (χ2n) is 5.63. The van der Waals surface area contributed by atoms with Crippen LogP contribution in [0.15, 0.2) is 63.2 Å². The molecule has 0 saturated heterocycles. The number of halogens is 2. The molecule has 7 heteroatoms. The fourth-order valence-corrected chi connectivity index (χ4v) is 4.24. The number of pyridine rings is 1. The summed E-state index contributed by atoms with van der Waals surface area (Å²) in [7, 11) is -4.07. The number of hydrogen-bond acceptors (Lipinski definition) is 3. The smallest absolute Gasteiger partial charge is 0.211 e. The molecule has 4 nitrogen and oxygen atoms in total. The largest absolute Gasteiger partial charge is 0.346 e. The molecule has 0 bridgehead atoms. The average molecular weight is 380 g/mol. The van der Waals surface area contributed by atoms with E-state index in [1.807, 2.05) is 6.92 Å². The van der Waals surface area contributed by atoms with Gasteiger partial charge >= 0.3 is 0 Å². The van der Waals surface area contributed by atoms with Gasteiger partial charge in [0.15, 0.2) is 0 Å². The summed E-state index contributed by atoms with van der Waals surface area (Å²) in [5.41, 5.74) is 0.00323. The van der Waals surface area contributed by atoms with Crippen molar-refractivity contribution in [3.05, 3.63) is 69.7 Å². The molecule has 1 heterocycles. The molecule has 0 N–H and O–H groups in total. The number of nitrogens with zero attached hydrogens (tertiary/aromatic N) is 1. The van der Waals surface area contributed by atoms with Gasteiger partial charge in [-0.3, -0.25) is 4.79 Å². The molecule has 1 aromatic heterocycles. The summed E-state index contributed by atoms with van der Waals surface area (Å²) in [5, 5.41) is 0.591. The van der Waals surface area contributed by atoms with Crippen LogP contribution in [0.5, 0.6) is 0 Å². The van der Waals surface area contributed by atoms with Gasteiger partial charge in [-0.2, -0.15) is 0 Å². The third-order valence-electron chi connectivity index (χ3n) is 3.89. The number of fused-ring (bicyclic) bond motifs is 1. The third kappa shape index (κ3) is 3.19. The van der Waals surface area contributed by atoms with Gasteiger partial charge in [-0.25, -0.2) is 12.8 Å². The van der Waals surface area contributed by atoms with Crippen LogP contribution >= 0.6 is 11.6 Å². The summed E-state index contributed by atoms with van der Waals surface area (Å²) in [6.07, 6.45) is 2.11. The van der Waals surface area contributed by atoms with Crippen LogP contribution in [0.4, 0.5) is 4.39 Å². The minimum absolute atomic E-state index is 0.129. The zero-order valence-corrected chi connectivity index (χ0v) is 14.9. The number of aromatic nitrogens is 1. The van der Waals surface area contributed by atoms with Crippen molar-refractivity contribution in [1.82, 2.24) is 4.57 Å². The fourth-order valence-electron chi connectivity index (χ4n) is 2.70. The molecule has 0 aliphatic heterocycles. The predicted molar refractivity (Wildman–Crippen MR) is 95.4 cm³/mol. The van der Waals surface area contributed by atoms with Crippen LogP contribution in [0, 0.1) is 5.82 Å². The highest BCUT2D eigenvalue weighted by Crippen LogP contribution is 2.23. The Labute approximate surface area is 149 Å². The maximum Gasteiger partial charge on any atom is 0.211 e. The van der Waals surface area contributed by atoms with Crippen LogP contribution in [-0.4, -0.2) is 13.0 Å². The summed E-state index contributed by atoms with van der Waals surface area (Å²) >= 11 is 5.98. The van der Waals surface area contributed by atoms with Crippen LogP contribution < -0.4 is 5.43 Å². The zero-order chi connectivity index (χ0) is 18.2. The van der Waals surface area contributed by atoms with E-state index in [0.29, 0.717) is 17.1 Å². The van der Waals surface area contributed by atoms with Gasteiger partial charge in [0.25, 0.3) is 0 Å². The van der Waals surface area contributed by atoms with Crippen molar-refractivity contribution in [3.63, 3.8) is 0 Å². The number of sulfone groups is 1. The summed E-state index contributed by atoms with van der Waals surface area (Å²) in [6.45, 7) is 2.50. The SMILES string of the molecule is CCCn1cc(S(=O)(=O)c2ccc(F)cc2)c(=O)c2cc(Cl)ccc21. The third-order valence-corrected chi connectivity index (χ3v) is 5.89. The van der Waals surface area contributed by atoms with Gasteiger partial charge in [0.1, 0.15) is 10.7 Å². The first-order valence-corrected chi connectivity index (χ1v) is 9.54. The van der Waals surface area contributed by atoms with Crippen molar-refractivity contribution in [2.45, 2.75) is 29.7 Å². The molecule has 0 aliphatic carbocycles. The minimum atomic E-state index is -4.07. The number of benzene rings is 2. The summed E-state index contributed by atoms with van der Waals surface area (Å²) in [5.74, 6) is -0.548. The van der Waals surface area contributed by atoms with Crippen LogP contribution in [-0.2, 0) is 16.4 Å². The monoisotopic (exact) mass is 379 g/mol. The van der Waals surface area contributed by atoms with Crippen LogP contribution in [0.3, 0.4) is 0 Å². The number of aryl methyl sites for hydroxylation is 1. The van der Waals surface area contributed by atoms with Gasteiger partial charge in [-0.1, -0.05) is 18.5 Å². The van der Waals surface area contributed by atoms with Gasteiger partial charge in [0, 0.05) is 23.2 Å². The molecule has 3 aromatic rings. The molecule has 0 aliphatic rings. The Morgan fingerprint density at radius 3 is 2.44 bits per heavy atom. The summed E-state index contributed by atoms with van der Waals surface area (Å²) < 4.78 is 40.6. The number of hydrogen-bond donors (Lipinski definition) is 0. The highest BCUT2D eigenvalue weighted by atomic mass is 35.5. The lowest BCUT2D eigenvalue weighted by molar-refractivity contribution is 0.591. The second kappa shape index (κ2) is 6.61. The van der Waals surface area contributed by atoms with E-state index in [-0.39, 0.29) is 15.2 Å². The molecule has 2 aromatic carbocycles. The molecule has 0 spiro atoms. The number of rotatable bonds is 4. The van der Waals surface area contributed by atoms with Crippen molar-refractivity contribution in [2.75, 3.05) is 0 Å². The predicted octanol–water partition coefficient (Wildman–Crippen LogP) is 4.04. The van der Waals surface area contributed by atoms with Crippen molar-refractivity contribution in [3.8, 4) is 0 Å². The standard InChI is InChI=1S/C18H15ClFNO3S/c1-2-9-21-11-17(18(22)15-10-12(19)3-8-16(15)21)25(23,24)14-6-4-13(20)5-7-14/h3-8,10-11H,2,9H2,1H3. The topological polar surface area (TPSA) is 56.1 Å². The van der Waals surface area contributed by atoms with Crippen molar-refractivity contribution in [1.29, 1.82) is 0 Å². The van der Waals surface area contributed by atoms with E-state index in [2.05, 4.69) is 0 Å². The molecule has 0 saturated carbocycles. The van der Waals surface area contributed by atoms with Crippen LogP contribution in [0.2, 0.25) is 5.02 Å². The molecular weight excluding hydrogens is 365 g/mol. The van der Waals surface area contributed by atoms with Crippen molar-refractivity contribution >= 4 is 32.3 Å². The first-order chi connectivity index (χ1) is 11.8. The highest BCUT2D eigenvalue weighted by molar-refractivity contribution is 7.91. The van der Waals surface area contributed by atoms with Crippen LogP contribution in [0.1, 0.15) is 13.3 Å². The van der Waals surface area contributed by atoms with Crippen molar-refractivity contribution in [2.24, 2.45) is 0 Å². The van der Waals surface area contributed by atoms with E-state index in [9.17, 15) is 17.6 Å². The quantitative estimate of drug-likeness (QED) is 0.643. The first-order valence-electron chi connectivity index (χ1n) is 7.68. The Bertz CT molecular complexity index is 1110. The molecule has 130 valence electrons. The lowest BCUT2D eigenvalue weighted by atomic mass is 10.2. The Morgan fingerprint density at radius 2 is 1.80 bits per heavy atom. The molecule has 25 heavy (non-hydrogen) atoms. The van der Waals surface area contributed by atoms with E-state index in [1.54, 1.807) is 16.7 Å². The van der Waals surface area contributed by atoms with Gasteiger partial charge in [-0.15, -0.1) is 0 Å². The van der Waals surface area contributed by atoms with Gasteiger partial charge in [0.05, 0.1) is 10.4 Å². The molecule has 0 radical (unpaired) electrons. The Balaban J connectivity index is 2.34. The maximum absolute atomic E-state index is 13.1. The minimum Gasteiger partial charge on any atom is -0.346 e. The maximum atomic E-state index is 13.1. The lowest BCUT2D eigenvalue weighted by Crippen LogP contribution is -2.19. The zero-order valence-electron chi connectivity index (χ0n) is 13.4. The van der Waals surface area contributed by atoms with Gasteiger partial charge in [-0.05, 0) is 48.9 Å². The Hall–Kier alpha value is -2.18. The molecule has 3 rings (SSSR count). The van der Waals surface area contributed by atoms with Crippen LogP contribution in [0.25, 0.3) is 10.9 Å². The van der Waals surface area contributed by atoms with E-state index in [0.717, 1.165) is 30.7 Å². The molecular formula is C18H15ClFNO3S. The van der Waals surface area contributed by atoms with E-state index >= 15 is 0 Å². The first kappa shape index (κ1) is 17.6. The van der Waals surface area contributed by atoms with E-state index in [4.69, 9.17) is 11.6 Å². The molecule has 0 amide bonds. The summed E-state index contributed by atoms with van der Waals surface area (Å²) in [6, 6.07) is 9.22. The normalized spacial score (nSPS) is 11.8. The second-order valence-corrected chi connectivity index (χ2v) is 7.99. The molecule has 0 atom stereocenters. The lowest BCUT2D eigenvalue weighted by Gasteiger charge is -2.13. The average Bonchev–Trinajstić information content (AvgIpc) is 2.58. The highest BCUT2D eigenvalue weighted by Gasteiger charge is 2.24. The molecule has 0 unspecified atom stereocenters. The molecule has 0 fully saturated rings.